The van der Waals surface area contributed by atoms with Gasteiger partial charge in [-0.25, -0.2) is 0 Å². The van der Waals surface area contributed by atoms with Crippen LogP contribution in [-0.2, 0) is 12.8 Å². The first-order chi connectivity index (χ1) is 18.3. The minimum absolute atomic E-state index is 0.189. The Morgan fingerprint density at radius 3 is 2.05 bits per heavy atom. The quantitative estimate of drug-likeness (QED) is 0.197. The van der Waals surface area contributed by atoms with E-state index in [1.165, 1.54) is 0 Å². The molecule has 0 spiro atoms. The van der Waals surface area contributed by atoms with Crippen molar-refractivity contribution in [2.75, 3.05) is 0 Å². The number of nitrogens with zero attached hydrogens (tertiary/aromatic N) is 1. The summed E-state index contributed by atoms with van der Waals surface area (Å²) in [5.41, 5.74) is 5.88. The minimum Gasteiger partial charge on any atom is -0.504 e. The topological polar surface area (TPSA) is 82.8 Å². The Balaban J connectivity index is 1.48. The van der Waals surface area contributed by atoms with E-state index in [9.17, 15) is 15.3 Å². The van der Waals surface area contributed by atoms with Crippen LogP contribution in [0.4, 0.5) is 0 Å². The van der Waals surface area contributed by atoms with E-state index in [-0.39, 0.29) is 17.4 Å². The molecule has 0 radical (unpaired) electrons. The number of aryl methyl sites for hydroxylation is 1. The van der Waals surface area contributed by atoms with Gasteiger partial charge in [0.05, 0.1) is 5.52 Å². The number of fused-ring (bicyclic) bond motifs is 1. The molecule has 0 saturated carbocycles. The van der Waals surface area contributed by atoms with Gasteiger partial charge in [-0.2, -0.15) is 0 Å². The molecule has 192 valence electrons. The lowest BCUT2D eigenvalue weighted by molar-refractivity contribution is 0.363. The van der Waals surface area contributed by atoms with Crippen molar-refractivity contribution in [3.05, 3.63) is 118 Å². The number of pyridine rings is 1. The maximum atomic E-state index is 10.6. The van der Waals surface area contributed by atoms with Crippen LogP contribution in [-0.4, -0.2) is 20.3 Å². The maximum Gasteiger partial charge on any atom is 0.200 e. The van der Waals surface area contributed by atoms with E-state index in [0.29, 0.717) is 24.0 Å². The third-order valence-electron chi connectivity index (χ3n) is 6.76. The van der Waals surface area contributed by atoms with Gasteiger partial charge in [0.15, 0.2) is 11.5 Å². The molecule has 0 unspecified atom stereocenters. The number of ether oxygens (including phenoxy) is 1. The van der Waals surface area contributed by atoms with Crippen molar-refractivity contribution in [3.8, 4) is 28.7 Å². The van der Waals surface area contributed by atoms with Crippen LogP contribution < -0.4 is 4.74 Å². The summed E-state index contributed by atoms with van der Waals surface area (Å²) in [7, 11) is 0. The maximum absolute atomic E-state index is 10.6. The van der Waals surface area contributed by atoms with Gasteiger partial charge < -0.3 is 20.1 Å². The number of phenolic OH excluding ortho intramolecular Hbond substituents is 3. The number of aromatic hydroxyl groups is 3. The second kappa shape index (κ2) is 10.5. The lowest BCUT2D eigenvalue weighted by Gasteiger charge is -2.18. The number of aromatic nitrogens is 1. The van der Waals surface area contributed by atoms with Crippen LogP contribution in [0.15, 0.2) is 84.9 Å². The van der Waals surface area contributed by atoms with Gasteiger partial charge in [0.25, 0.3) is 0 Å². The zero-order chi connectivity index (χ0) is 26.8. The molecule has 0 bridgehead atoms. The fraction of sp³-hybridized carbons (Fsp3) is 0.182. The number of para-hydroxylation sites is 1. The van der Waals surface area contributed by atoms with Gasteiger partial charge in [0.2, 0.25) is 5.75 Å². The van der Waals surface area contributed by atoms with E-state index in [4.69, 9.17) is 4.74 Å². The van der Waals surface area contributed by atoms with E-state index in [2.05, 4.69) is 24.9 Å². The molecule has 1 heterocycles. The first-order valence-corrected chi connectivity index (χ1v) is 12.8. The molecule has 0 atom stereocenters. The Bertz CT molecular complexity index is 1610. The molecule has 5 nitrogen and oxygen atoms in total. The number of hydrogen-bond acceptors (Lipinski definition) is 5. The average Bonchev–Trinajstić information content (AvgIpc) is 2.91. The van der Waals surface area contributed by atoms with Gasteiger partial charge in [-0.05, 0) is 53.8 Å². The van der Waals surface area contributed by atoms with Crippen molar-refractivity contribution >= 4 is 10.9 Å². The highest BCUT2D eigenvalue weighted by atomic mass is 16.5. The van der Waals surface area contributed by atoms with Gasteiger partial charge in [-0.3, -0.25) is 4.98 Å². The summed E-state index contributed by atoms with van der Waals surface area (Å²) in [6, 6.07) is 27.4. The average molecular weight is 506 g/mol. The third-order valence-corrected chi connectivity index (χ3v) is 6.76. The molecule has 38 heavy (non-hydrogen) atoms. The number of phenols is 3. The van der Waals surface area contributed by atoms with Crippen molar-refractivity contribution in [2.45, 2.75) is 39.5 Å². The van der Waals surface area contributed by atoms with Crippen molar-refractivity contribution in [3.63, 3.8) is 0 Å². The van der Waals surface area contributed by atoms with Crippen LogP contribution in [0.3, 0.4) is 0 Å². The summed E-state index contributed by atoms with van der Waals surface area (Å²) in [6.07, 6.45) is 0.829. The minimum atomic E-state index is -0.489. The van der Waals surface area contributed by atoms with Gasteiger partial charge in [-0.15, -0.1) is 0 Å². The molecule has 0 aliphatic carbocycles. The summed E-state index contributed by atoms with van der Waals surface area (Å²) in [6.45, 7) is 6.19. The molecule has 1 aromatic heterocycles. The van der Waals surface area contributed by atoms with Crippen LogP contribution in [0.1, 0.15) is 53.3 Å². The SMILES string of the molecule is Cc1cc(Oc2ccc(Cc3cc(Cc4ccccc4)c(O)c(O)c3O)cc2C(C)C)c2ccccc2n1. The van der Waals surface area contributed by atoms with Gasteiger partial charge in [-0.1, -0.05) is 68.4 Å². The molecule has 3 N–H and O–H groups in total. The zero-order valence-electron chi connectivity index (χ0n) is 21.8. The fourth-order valence-electron chi connectivity index (χ4n) is 4.79. The van der Waals surface area contributed by atoms with Crippen molar-refractivity contribution in [2.24, 2.45) is 0 Å². The Kier molecular flexibility index (Phi) is 6.93. The predicted molar refractivity (Wildman–Crippen MR) is 151 cm³/mol. The summed E-state index contributed by atoms with van der Waals surface area (Å²) < 4.78 is 6.45. The molecule has 0 aliphatic heterocycles. The van der Waals surface area contributed by atoms with E-state index in [1.54, 1.807) is 6.07 Å². The Morgan fingerprint density at radius 2 is 1.34 bits per heavy atom. The van der Waals surface area contributed by atoms with E-state index in [1.807, 2.05) is 79.7 Å². The molecule has 0 fully saturated rings. The standard InChI is InChI=1S/C33H31NO4/c1-20(2)27-18-23(13-14-29(27)38-30-15-21(3)34-28-12-8-7-11-26(28)30)17-25-19-24(31(35)33(37)32(25)36)16-22-9-5-4-6-10-22/h4-15,18-20,35-37H,16-17H2,1-3H3. The molecule has 0 saturated heterocycles. The largest absolute Gasteiger partial charge is 0.504 e. The fourth-order valence-corrected chi connectivity index (χ4v) is 4.79. The number of benzene rings is 4. The second-order valence-corrected chi connectivity index (χ2v) is 9.99. The lowest BCUT2D eigenvalue weighted by Crippen LogP contribution is -1.99. The summed E-state index contributed by atoms with van der Waals surface area (Å²) in [5, 5.41) is 32.5. The summed E-state index contributed by atoms with van der Waals surface area (Å²) >= 11 is 0. The highest BCUT2D eigenvalue weighted by molar-refractivity contribution is 5.85. The van der Waals surface area contributed by atoms with Gasteiger partial charge in [0.1, 0.15) is 11.5 Å². The van der Waals surface area contributed by atoms with Gasteiger partial charge in [0, 0.05) is 41.1 Å². The highest BCUT2D eigenvalue weighted by Crippen LogP contribution is 2.42. The smallest absolute Gasteiger partial charge is 0.200 e. The molecule has 0 aliphatic rings. The molecule has 5 aromatic rings. The van der Waals surface area contributed by atoms with Crippen LogP contribution in [0.25, 0.3) is 10.9 Å². The summed E-state index contributed by atoms with van der Waals surface area (Å²) in [5.74, 6) is 0.634. The van der Waals surface area contributed by atoms with E-state index < -0.39 is 5.75 Å². The normalized spacial score (nSPS) is 11.3. The Labute approximate surface area is 222 Å². The van der Waals surface area contributed by atoms with E-state index in [0.717, 1.165) is 44.8 Å². The lowest BCUT2D eigenvalue weighted by atomic mass is 9.94. The van der Waals surface area contributed by atoms with Crippen LogP contribution in [0.5, 0.6) is 28.7 Å². The molecule has 4 aromatic carbocycles. The number of hydrogen-bond donors (Lipinski definition) is 3. The summed E-state index contributed by atoms with van der Waals surface area (Å²) in [4.78, 5) is 4.61. The third kappa shape index (κ3) is 5.14. The van der Waals surface area contributed by atoms with Gasteiger partial charge >= 0.3 is 0 Å². The second-order valence-electron chi connectivity index (χ2n) is 9.99. The molecular weight excluding hydrogens is 474 g/mol. The Morgan fingerprint density at radius 1 is 0.684 bits per heavy atom. The molecular formula is C33H31NO4. The zero-order valence-corrected chi connectivity index (χ0v) is 21.8. The van der Waals surface area contributed by atoms with Crippen LogP contribution in [0.2, 0.25) is 0 Å². The molecule has 5 heteroatoms. The first-order valence-electron chi connectivity index (χ1n) is 12.8. The van der Waals surface area contributed by atoms with Crippen LogP contribution in [0, 0.1) is 6.92 Å². The molecule has 5 rings (SSSR count). The first kappa shape index (κ1) is 25.2. The predicted octanol–water partition coefficient (Wildman–Crippen LogP) is 7.76. The molecule has 0 amide bonds. The van der Waals surface area contributed by atoms with E-state index >= 15 is 0 Å². The van der Waals surface area contributed by atoms with Crippen molar-refractivity contribution in [1.82, 2.24) is 4.98 Å². The monoisotopic (exact) mass is 505 g/mol. The van der Waals surface area contributed by atoms with Crippen LogP contribution >= 0.6 is 0 Å². The number of rotatable bonds is 7. The van der Waals surface area contributed by atoms with Crippen molar-refractivity contribution in [1.29, 1.82) is 0 Å². The Hall–Kier alpha value is -4.51. The highest BCUT2D eigenvalue weighted by Gasteiger charge is 2.19. The van der Waals surface area contributed by atoms with Crippen molar-refractivity contribution < 1.29 is 20.1 Å².